The Morgan fingerprint density at radius 1 is 1.12 bits per heavy atom. The van der Waals surface area contributed by atoms with Crippen molar-refractivity contribution in [2.75, 3.05) is 0 Å². The molecule has 0 radical (unpaired) electrons. The summed E-state index contributed by atoms with van der Waals surface area (Å²) >= 11 is 0. The summed E-state index contributed by atoms with van der Waals surface area (Å²) < 4.78 is 1.74. The molecule has 0 spiro atoms. The molecule has 0 fully saturated rings. The molecule has 0 amide bonds. The van der Waals surface area contributed by atoms with E-state index in [1.54, 1.807) is 23.0 Å². The molecule has 0 saturated heterocycles. The first-order valence-electron chi connectivity index (χ1n) is 5.36. The van der Waals surface area contributed by atoms with E-state index in [0.717, 1.165) is 22.4 Å². The van der Waals surface area contributed by atoms with Crippen molar-refractivity contribution in [3.05, 3.63) is 48.3 Å². The van der Waals surface area contributed by atoms with Crippen LogP contribution in [-0.4, -0.2) is 19.9 Å². The molecule has 0 aliphatic heterocycles. The molecule has 0 bridgehead atoms. The first-order valence-corrected chi connectivity index (χ1v) is 5.36. The van der Waals surface area contributed by atoms with E-state index < -0.39 is 0 Å². The molecule has 17 heavy (non-hydrogen) atoms. The predicted octanol–water partition coefficient (Wildman–Crippen LogP) is 2.43. The van der Waals surface area contributed by atoms with E-state index in [1.165, 1.54) is 0 Å². The summed E-state index contributed by atoms with van der Waals surface area (Å²) in [5.41, 5.74) is 1.66. The molecule has 4 heteroatoms. The fraction of sp³-hybridized carbons (Fsp3) is 0.0769. The van der Waals surface area contributed by atoms with Crippen LogP contribution >= 0.6 is 0 Å². The van der Waals surface area contributed by atoms with E-state index in [-0.39, 0.29) is 5.75 Å². The third-order valence-corrected chi connectivity index (χ3v) is 2.73. The maximum Gasteiger partial charge on any atom is 0.153 e. The van der Waals surface area contributed by atoms with E-state index >= 15 is 0 Å². The molecule has 1 N–H and O–H groups in total. The smallest absolute Gasteiger partial charge is 0.153 e. The second-order valence-corrected chi connectivity index (χ2v) is 3.86. The minimum atomic E-state index is 0.252. The topological polar surface area (TPSA) is 50.9 Å². The van der Waals surface area contributed by atoms with Crippen LogP contribution in [0.5, 0.6) is 5.75 Å². The van der Waals surface area contributed by atoms with Crippen molar-refractivity contribution >= 4 is 10.9 Å². The van der Waals surface area contributed by atoms with Gasteiger partial charge in [-0.3, -0.25) is 0 Å². The Morgan fingerprint density at radius 2 is 2.00 bits per heavy atom. The lowest BCUT2D eigenvalue weighted by Crippen LogP contribution is -1.98. The summed E-state index contributed by atoms with van der Waals surface area (Å²) in [6.07, 6.45) is 1.72. The molecule has 4 nitrogen and oxygen atoms in total. The number of phenolic OH excluding ortho intramolecular Hbond substituents is 1. The number of benzene rings is 1. The monoisotopic (exact) mass is 225 g/mol. The Labute approximate surface area is 98.2 Å². The van der Waals surface area contributed by atoms with Crippen molar-refractivity contribution in [1.29, 1.82) is 0 Å². The molecule has 3 rings (SSSR count). The molecule has 0 atom stereocenters. The molecule has 2 heterocycles. The number of hydrogen-bond acceptors (Lipinski definition) is 3. The fourth-order valence-electron chi connectivity index (χ4n) is 1.98. The van der Waals surface area contributed by atoms with E-state index in [0.29, 0.717) is 0 Å². The number of fused-ring (bicyclic) bond motifs is 1. The van der Waals surface area contributed by atoms with Crippen LogP contribution in [0.1, 0.15) is 5.69 Å². The largest absolute Gasteiger partial charge is 0.507 e. The highest BCUT2D eigenvalue weighted by Crippen LogP contribution is 2.28. The molecule has 0 unspecified atom stereocenters. The maximum atomic E-state index is 9.84. The van der Waals surface area contributed by atoms with E-state index in [2.05, 4.69) is 10.1 Å². The maximum absolute atomic E-state index is 9.84. The highest BCUT2D eigenvalue weighted by Gasteiger charge is 2.12. The van der Waals surface area contributed by atoms with Gasteiger partial charge in [-0.2, -0.15) is 5.10 Å². The first kappa shape index (κ1) is 9.84. The number of aryl methyl sites for hydroxylation is 1. The van der Waals surface area contributed by atoms with E-state index in [1.807, 2.05) is 31.2 Å². The number of hydrogen-bond donors (Lipinski definition) is 1. The van der Waals surface area contributed by atoms with Gasteiger partial charge in [0.05, 0.1) is 16.6 Å². The molecular weight excluding hydrogens is 214 g/mol. The second-order valence-electron chi connectivity index (χ2n) is 3.86. The van der Waals surface area contributed by atoms with Gasteiger partial charge in [-0.05, 0) is 31.2 Å². The number of phenols is 1. The van der Waals surface area contributed by atoms with Crippen LogP contribution in [0.25, 0.3) is 16.7 Å². The van der Waals surface area contributed by atoms with Crippen molar-refractivity contribution < 1.29 is 5.11 Å². The van der Waals surface area contributed by atoms with E-state index in [9.17, 15) is 5.11 Å². The first-order chi connectivity index (χ1) is 8.27. The van der Waals surface area contributed by atoms with Crippen LogP contribution in [0.4, 0.5) is 0 Å². The van der Waals surface area contributed by atoms with Gasteiger partial charge in [0.2, 0.25) is 0 Å². The molecule has 3 aromatic rings. The Balaban J connectivity index is 2.36. The van der Waals surface area contributed by atoms with Crippen LogP contribution in [-0.2, 0) is 0 Å². The number of pyridine rings is 1. The van der Waals surface area contributed by atoms with Gasteiger partial charge >= 0.3 is 0 Å². The fourth-order valence-corrected chi connectivity index (χ4v) is 1.98. The van der Waals surface area contributed by atoms with Crippen molar-refractivity contribution in [3.8, 4) is 11.6 Å². The molecule has 1 aromatic carbocycles. The third-order valence-electron chi connectivity index (χ3n) is 2.73. The minimum absolute atomic E-state index is 0.252. The van der Waals surface area contributed by atoms with Crippen molar-refractivity contribution in [2.24, 2.45) is 0 Å². The molecular formula is C13H11N3O. The van der Waals surface area contributed by atoms with Crippen LogP contribution in [0.3, 0.4) is 0 Å². The lowest BCUT2D eigenvalue weighted by atomic mass is 10.2. The Kier molecular flexibility index (Phi) is 2.08. The predicted molar refractivity (Wildman–Crippen MR) is 65.3 cm³/mol. The summed E-state index contributed by atoms with van der Waals surface area (Å²) in [5.74, 6) is 0.999. The summed E-state index contributed by atoms with van der Waals surface area (Å²) in [5, 5.41) is 15.0. The lowest BCUT2D eigenvalue weighted by Gasteiger charge is -2.01. The van der Waals surface area contributed by atoms with Gasteiger partial charge in [-0.1, -0.05) is 12.1 Å². The molecule has 2 aromatic heterocycles. The highest BCUT2D eigenvalue weighted by atomic mass is 16.3. The molecule has 84 valence electrons. The van der Waals surface area contributed by atoms with Gasteiger partial charge in [0.1, 0.15) is 5.75 Å². The van der Waals surface area contributed by atoms with E-state index in [4.69, 9.17) is 0 Å². The molecule has 0 aliphatic carbocycles. The van der Waals surface area contributed by atoms with Crippen molar-refractivity contribution in [1.82, 2.24) is 14.8 Å². The quantitative estimate of drug-likeness (QED) is 0.692. The number of rotatable bonds is 1. The number of aromatic hydroxyl groups is 1. The van der Waals surface area contributed by atoms with Crippen LogP contribution < -0.4 is 0 Å². The average molecular weight is 225 g/mol. The van der Waals surface area contributed by atoms with Crippen molar-refractivity contribution in [2.45, 2.75) is 6.92 Å². The highest BCUT2D eigenvalue weighted by molar-refractivity contribution is 5.88. The second kappa shape index (κ2) is 3.59. The summed E-state index contributed by atoms with van der Waals surface area (Å²) in [7, 11) is 0. The molecule has 0 saturated carbocycles. The zero-order valence-electron chi connectivity index (χ0n) is 9.33. The van der Waals surface area contributed by atoms with Crippen LogP contribution in [0, 0.1) is 6.92 Å². The average Bonchev–Trinajstić information content (AvgIpc) is 2.69. The van der Waals surface area contributed by atoms with Gasteiger partial charge in [-0.25, -0.2) is 9.67 Å². The zero-order valence-corrected chi connectivity index (χ0v) is 9.33. The minimum Gasteiger partial charge on any atom is -0.507 e. The Morgan fingerprint density at radius 3 is 2.76 bits per heavy atom. The Hall–Kier alpha value is -2.36. The van der Waals surface area contributed by atoms with Crippen molar-refractivity contribution in [3.63, 3.8) is 0 Å². The van der Waals surface area contributed by atoms with Gasteiger partial charge in [0, 0.05) is 6.20 Å². The van der Waals surface area contributed by atoms with Gasteiger partial charge < -0.3 is 5.11 Å². The normalized spacial score (nSPS) is 10.9. The number of nitrogens with zero attached hydrogens (tertiary/aromatic N) is 3. The lowest BCUT2D eigenvalue weighted by molar-refractivity contribution is 0.481. The summed E-state index contributed by atoms with van der Waals surface area (Å²) in [6.45, 7) is 1.88. The van der Waals surface area contributed by atoms with Gasteiger partial charge in [0.15, 0.2) is 5.82 Å². The van der Waals surface area contributed by atoms with Gasteiger partial charge in [0.25, 0.3) is 0 Å². The Bertz CT molecular complexity index is 674. The standard InChI is InChI=1S/C13H11N3O/c1-9-13-10(5-4-6-11(13)17)16(15-9)12-7-2-3-8-14-12/h2-8,17H,1H3. The third kappa shape index (κ3) is 1.45. The molecule has 0 aliphatic rings. The zero-order chi connectivity index (χ0) is 11.8. The van der Waals surface area contributed by atoms with Crippen LogP contribution in [0.2, 0.25) is 0 Å². The summed E-state index contributed by atoms with van der Waals surface area (Å²) in [4.78, 5) is 4.26. The van der Waals surface area contributed by atoms with Gasteiger partial charge in [-0.15, -0.1) is 0 Å². The summed E-state index contributed by atoms with van der Waals surface area (Å²) in [6, 6.07) is 11.0. The number of aromatic nitrogens is 3. The van der Waals surface area contributed by atoms with Crippen LogP contribution in [0.15, 0.2) is 42.6 Å². The SMILES string of the molecule is Cc1nn(-c2ccccn2)c2cccc(O)c12.